The summed E-state index contributed by atoms with van der Waals surface area (Å²) in [6, 6.07) is 0. The van der Waals surface area contributed by atoms with Gasteiger partial charge in [-0.1, -0.05) is 0 Å². The SMILES string of the molecule is O=S(O)OS(=O)OS(=O)O.[CaH2].[CaH2].[Eu].[Eu]. The van der Waals surface area contributed by atoms with E-state index in [2.05, 4.69) is 7.26 Å². The molecule has 0 saturated heterocycles. The molecule has 0 aromatic rings. The van der Waals surface area contributed by atoms with E-state index >= 15 is 0 Å². The fraction of sp³-hybridized carbons (Fsp3) is 0. The predicted octanol–water partition coefficient (Wildman–Crippen LogP) is -2.96. The Morgan fingerprint density at radius 3 is 1.14 bits per heavy atom. The van der Waals surface area contributed by atoms with Gasteiger partial charge in [-0.15, -0.1) is 7.26 Å². The molecular formula is H6Ca2Eu2O7S3. The molecule has 14 heteroatoms. The number of rotatable bonds is 4. The first-order valence-electron chi connectivity index (χ1n) is 1.53. The molecule has 0 aromatic carbocycles. The van der Waals surface area contributed by atoms with Crippen molar-refractivity contribution in [1.29, 1.82) is 0 Å². The van der Waals surface area contributed by atoms with E-state index in [1.165, 1.54) is 0 Å². The van der Waals surface area contributed by atoms with Gasteiger partial charge in [0.15, 0.2) is 0 Å². The first-order valence-corrected chi connectivity index (χ1v) is 4.60. The van der Waals surface area contributed by atoms with Gasteiger partial charge in [0.05, 0.1) is 0 Å². The van der Waals surface area contributed by atoms with E-state index in [0.29, 0.717) is 0 Å². The third-order valence-electron chi connectivity index (χ3n) is 0.228. The Hall–Kier alpha value is 5.98. The van der Waals surface area contributed by atoms with E-state index in [0.717, 1.165) is 0 Å². The van der Waals surface area contributed by atoms with Crippen molar-refractivity contribution >= 4 is 110 Å². The molecule has 0 amide bonds. The van der Waals surface area contributed by atoms with Gasteiger partial charge in [0, 0.05) is 98.8 Å². The Bertz CT molecular complexity index is 168. The molecule has 0 fully saturated rings. The third-order valence-corrected chi connectivity index (χ3v) is 2.05. The molecule has 0 saturated carbocycles. The van der Waals surface area contributed by atoms with Crippen LogP contribution in [-0.4, -0.2) is 97.2 Å². The summed E-state index contributed by atoms with van der Waals surface area (Å²) in [4.78, 5) is 0. The van der Waals surface area contributed by atoms with Gasteiger partial charge < -0.3 is 0 Å². The molecule has 0 bridgehead atoms. The molecule has 0 rings (SSSR count). The van der Waals surface area contributed by atoms with E-state index < -0.39 is 34.1 Å². The van der Waals surface area contributed by atoms with Crippen LogP contribution >= 0.6 is 0 Å². The average molecular weight is 598 g/mol. The van der Waals surface area contributed by atoms with Crippen molar-refractivity contribution in [2.45, 2.75) is 0 Å². The maximum atomic E-state index is 10.0. The summed E-state index contributed by atoms with van der Waals surface area (Å²) < 4.78 is 51.9. The van der Waals surface area contributed by atoms with Crippen molar-refractivity contribution in [2.24, 2.45) is 0 Å². The average Bonchev–Trinajstić information content (AvgIpc) is 1.58. The quantitative estimate of drug-likeness (QED) is 0.263. The molecule has 0 aliphatic carbocycles. The topological polar surface area (TPSA) is 110 Å². The van der Waals surface area contributed by atoms with Gasteiger partial charge in [-0.25, -0.2) is 0 Å². The maximum Gasteiger partial charge on any atom is 0 e. The minimum absolute atomic E-state index is 0. The van der Waals surface area contributed by atoms with Crippen LogP contribution in [0.5, 0.6) is 0 Å². The second-order valence-electron chi connectivity index (χ2n) is 0.774. The molecule has 2 atom stereocenters. The van der Waals surface area contributed by atoms with Crippen molar-refractivity contribution in [2.75, 3.05) is 0 Å². The minimum atomic E-state index is -2.78. The zero-order valence-corrected chi connectivity index (χ0v) is 12.2. The Balaban J connectivity index is -0.0000000675. The Kier molecular flexibility index (Phi) is 48.8. The van der Waals surface area contributed by atoms with Gasteiger partial charge in [0.25, 0.3) is 0 Å². The molecule has 0 heterocycles. The zero-order valence-electron chi connectivity index (χ0n) is 4.92. The van der Waals surface area contributed by atoms with Crippen LogP contribution in [0.4, 0.5) is 0 Å². The number of hydrogen-bond acceptors (Lipinski definition) is 5. The first kappa shape index (κ1) is 32.1. The second kappa shape index (κ2) is 21.3. The third kappa shape index (κ3) is 26.5. The normalized spacial score (nSPS) is 14.1. The van der Waals surface area contributed by atoms with Crippen LogP contribution in [0, 0.1) is 98.8 Å². The van der Waals surface area contributed by atoms with Gasteiger partial charge >= 0.3 is 110 Å². The molecule has 0 spiro atoms. The van der Waals surface area contributed by atoms with Crippen LogP contribution in [0.2, 0.25) is 0 Å². The van der Waals surface area contributed by atoms with Gasteiger partial charge in [-0.3, -0.25) is 9.11 Å². The summed E-state index contributed by atoms with van der Waals surface area (Å²) in [6.45, 7) is 0. The summed E-state index contributed by atoms with van der Waals surface area (Å²) in [7, 11) is 0. The molecule has 7 nitrogen and oxygen atoms in total. The standard InChI is InChI=1S/2Ca.2Eu.H2O7S3.4H/c;;;;1-8(2)6-10(5)7-9(3)4;;;;/h;;;;(H,1,2)(H,3,4);;;;. The molecular weight excluding hydrogens is 592 g/mol. The maximum absolute atomic E-state index is 10.0. The van der Waals surface area contributed by atoms with E-state index in [1.54, 1.807) is 0 Å². The Morgan fingerprint density at radius 2 is 1.00 bits per heavy atom. The van der Waals surface area contributed by atoms with Crippen molar-refractivity contribution in [1.82, 2.24) is 0 Å². The smallest absolute Gasteiger partial charge is 0 e. The Morgan fingerprint density at radius 1 is 0.786 bits per heavy atom. The van der Waals surface area contributed by atoms with Crippen molar-refractivity contribution in [3.63, 3.8) is 0 Å². The van der Waals surface area contributed by atoms with Crippen LogP contribution in [0.3, 0.4) is 0 Å². The summed E-state index contributed by atoms with van der Waals surface area (Å²) in [5.41, 5.74) is 0. The van der Waals surface area contributed by atoms with Crippen molar-refractivity contribution in [3.05, 3.63) is 0 Å². The molecule has 2 unspecified atom stereocenters. The number of hydrogen-bond donors (Lipinski definition) is 2. The monoisotopic (exact) mass is 600 g/mol. The molecule has 0 aromatic heterocycles. The summed E-state index contributed by atoms with van der Waals surface area (Å²) in [6.07, 6.45) is 0. The van der Waals surface area contributed by atoms with Gasteiger partial charge in [-0.05, 0) is 0 Å². The van der Waals surface area contributed by atoms with Gasteiger partial charge in [-0.2, -0.15) is 12.6 Å². The van der Waals surface area contributed by atoms with Crippen molar-refractivity contribution in [3.8, 4) is 0 Å². The molecule has 2 radical (unpaired) electrons. The molecule has 0 aliphatic rings. The molecule has 84 valence electrons. The minimum Gasteiger partial charge on any atom is 0 e. The van der Waals surface area contributed by atoms with E-state index in [4.69, 9.17) is 9.11 Å². The zero-order chi connectivity index (χ0) is 8.15. The Labute approximate surface area is 230 Å². The van der Waals surface area contributed by atoms with Crippen LogP contribution in [0.25, 0.3) is 0 Å². The van der Waals surface area contributed by atoms with E-state index in [1.807, 2.05) is 0 Å². The van der Waals surface area contributed by atoms with Crippen LogP contribution in [0.1, 0.15) is 0 Å². The fourth-order valence-electron chi connectivity index (χ4n) is 0.106. The summed E-state index contributed by atoms with van der Waals surface area (Å²) in [5.74, 6) is 0. The fourth-order valence-corrected chi connectivity index (χ4v) is 1.16. The van der Waals surface area contributed by atoms with E-state index in [-0.39, 0.29) is 174 Å². The summed E-state index contributed by atoms with van der Waals surface area (Å²) in [5, 5.41) is 0. The predicted molar refractivity (Wildman–Crippen MR) is 48.9 cm³/mol. The van der Waals surface area contributed by atoms with Crippen LogP contribution in [0.15, 0.2) is 0 Å². The largest absolute Gasteiger partial charge is 0 e. The van der Waals surface area contributed by atoms with Crippen LogP contribution < -0.4 is 0 Å². The van der Waals surface area contributed by atoms with Gasteiger partial charge in [0.2, 0.25) is 0 Å². The summed E-state index contributed by atoms with van der Waals surface area (Å²) >= 11 is -8.25. The van der Waals surface area contributed by atoms with Gasteiger partial charge in [0.1, 0.15) is 0 Å². The first-order chi connectivity index (χ1) is 4.52. The molecule has 2 N–H and O–H groups in total. The molecule has 14 heavy (non-hydrogen) atoms. The molecule has 0 aliphatic heterocycles. The van der Waals surface area contributed by atoms with Crippen LogP contribution in [-0.2, 0) is 41.3 Å². The van der Waals surface area contributed by atoms with E-state index in [9.17, 15) is 12.6 Å². The second-order valence-corrected chi connectivity index (χ2v) is 3.14. The van der Waals surface area contributed by atoms with Crippen molar-refractivity contribution < 1.29 is 128 Å².